The van der Waals surface area contributed by atoms with Crippen LogP contribution in [0.25, 0.3) is 0 Å². The lowest BCUT2D eigenvalue weighted by atomic mass is 9.99. The van der Waals surface area contributed by atoms with E-state index in [1.807, 2.05) is 43.3 Å². The average Bonchev–Trinajstić information content (AvgIpc) is 2.93. The van der Waals surface area contributed by atoms with Gasteiger partial charge in [0, 0.05) is 32.7 Å². The summed E-state index contributed by atoms with van der Waals surface area (Å²) in [6.45, 7) is 1.13. The van der Waals surface area contributed by atoms with E-state index in [-0.39, 0.29) is 18.0 Å². The molecule has 2 aliphatic heterocycles. The van der Waals surface area contributed by atoms with Crippen LogP contribution >= 0.6 is 0 Å². The van der Waals surface area contributed by atoms with Crippen LogP contribution in [0.2, 0.25) is 0 Å². The molecule has 0 N–H and O–H groups in total. The van der Waals surface area contributed by atoms with Crippen molar-refractivity contribution in [3.63, 3.8) is 0 Å². The highest BCUT2D eigenvalue weighted by molar-refractivity contribution is 5.95. The fraction of sp³-hybridized carbons (Fsp3) is 0.333. The third kappa shape index (κ3) is 2.88. The Morgan fingerprint density at radius 3 is 2.50 bits per heavy atom. The summed E-state index contributed by atoms with van der Waals surface area (Å²) in [5, 5.41) is 0. The van der Waals surface area contributed by atoms with E-state index in [0.29, 0.717) is 19.5 Å². The zero-order valence-corrected chi connectivity index (χ0v) is 15.2. The summed E-state index contributed by atoms with van der Waals surface area (Å²) >= 11 is 0. The Labute approximate surface area is 153 Å². The van der Waals surface area contributed by atoms with E-state index in [1.165, 1.54) is 11.1 Å². The second-order valence-corrected chi connectivity index (χ2v) is 7.11. The van der Waals surface area contributed by atoms with Crippen LogP contribution in [0.3, 0.4) is 0 Å². The molecule has 4 rings (SSSR count). The van der Waals surface area contributed by atoms with Gasteiger partial charge in [0.1, 0.15) is 6.17 Å². The van der Waals surface area contributed by atoms with Crippen LogP contribution in [0.5, 0.6) is 0 Å². The van der Waals surface area contributed by atoms with E-state index in [9.17, 15) is 9.59 Å². The highest BCUT2D eigenvalue weighted by atomic mass is 16.2. The number of carbonyl (C=O) groups excluding carboxylic acids is 2. The van der Waals surface area contributed by atoms with E-state index in [1.54, 1.807) is 4.90 Å². The number of likely N-dealkylation sites (N-methyl/N-ethyl adjacent to an activating group) is 1. The third-order valence-corrected chi connectivity index (χ3v) is 5.42. The molecule has 2 aromatic carbocycles. The number of rotatable bonds is 3. The molecule has 0 aliphatic carbocycles. The van der Waals surface area contributed by atoms with Gasteiger partial charge in [-0.15, -0.1) is 0 Å². The number of hydrogen-bond acceptors (Lipinski definition) is 3. The molecule has 5 heteroatoms. The van der Waals surface area contributed by atoms with Crippen molar-refractivity contribution >= 4 is 17.5 Å². The second-order valence-electron chi connectivity index (χ2n) is 7.11. The number of anilines is 1. The summed E-state index contributed by atoms with van der Waals surface area (Å²) in [4.78, 5) is 29.9. The molecule has 0 radical (unpaired) electrons. The van der Waals surface area contributed by atoms with Gasteiger partial charge in [0.2, 0.25) is 11.8 Å². The van der Waals surface area contributed by atoms with Crippen molar-refractivity contribution < 1.29 is 9.59 Å². The van der Waals surface area contributed by atoms with Crippen LogP contribution in [0.4, 0.5) is 5.69 Å². The highest BCUT2D eigenvalue weighted by Crippen LogP contribution is 2.32. The van der Waals surface area contributed by atoms with E-state index < -0.39 is 0 Å². The smallest absolute Gasteiger partial charge is 0.238 e. The van der Waals surface area contributed by atoms with Crippen LogP contribution in [0.1, 0.15) is 29.3 Å². The van der Waals surface area contributed by atoms with Crippen molar-refractivity contribution in [1.82, 2.24) is 9.80 Å². The Bertz CT molecular complexity index is 850. The van der Waals surface area contributed by atoms with Gasteiger partial charge in [-0.05, 0) is 29.2 Å². The SMILES string of the molecule is CN1C(=O)CCc2cc(CN3CC(=O)N(C)[C@H]3c3ccccc3)ccc21. The zero-order valence-electron chi connectivity index (χ0n) is 15.2. The first-order valence-electron chi connectivity index (χ1n) is 8.97. The minimum atomic E-state index is -0.0380. The maximum absolute atomic E-state index is 12.3. The van der Waals surface area contributed by atoms with Gasteiger partial charge >= 0.3 is 0 Å². The predicted molar refractivity (Wildman–Crippen MR) is 101 cm³/mol. The molecule has 134 valence electrons. The molecule has 0 aromatic heterocycles. The summed E-state index contributed by atoms with van der Waals surface area (Å²) in [5.74, 6) is 0.309. The standard InChI is InChI=1S/C21H23N3O2/c1-22-18-10-8-15(12-17(18)9-11-19(22)25)13-24-14-20(26)23(2)21(24)16-6-4-3-5-7-16/h3-8,10,12,21H,9,11,13-14H2,1-2H3/t21-/m1/s1. The Hall–Kier alpha value is -2.66. The lowest BCUT2D eigenvalue weighted by Gasteiger charge is -2.29. The first-order valence-corrected chi connectivity index (χ1v) is 8.97. The molecular weight excluding hydrogens is 326 g/mol. The average molecular weight is 349 g/mol. The van der Waals surface area contributed by atoms with Crippen LogP contribution in [0, 0.1) is 0 Å². The van der Waals surface area contributed by atoms with E-state index in [0.717, 1.165) is 17.7 Å². The van der Waals surface area contributed by atoms with Gasteiger partial charge in [0.05, 0.1) is 6.54 Å². The van der Waals surface area contributed by atoms with Gasteiger partial charge in [0.25, 0.3) is 0 Å². The van der Waals surface area contributed by atoms with E-state index >= 15 is 0 Å². The molecule has 0 spiro atoms. The molecule has 2 heterocycles. The monoisotopic (exact) mass is 349 g/mol. The predicted octanol–water partition coefficient (Wildman–Crippen LogP) is 2.57. The van der Waals surface area contributed by atoms with Gasteiger partial charge in [-0.2, -0.15) is 0 Å². The molecule has 2 aromatic rings. The molecule has 2 aliphatic rings. The molecule has 2 amide bonds. The van der Waals surface area contributed by atoms with Crippen molar-refractivity contribution in [2.75, 3.05) is 25.5 Å². The minimum absolute atomic E-state index is 0.0380. The number of carbonyl (C=O) groups is 2. The molecule has 0 bridgehead atoms. The minimum Gasteiger partial charge on any atom is -0.325 e. The summed E-state index contributed by atoms with van der Waals surface area (Å²) in [6, 6.07) is 16.4. The molecule has 1 saturated heterocycles. The number of amides is 2. The Kier molecular flexibility index (Phi) is 4.24. The fourth-order valence-corrected chi connectivity index (χ4v) is 4.00. The first kappa shape index (κ1) is 16.8. The van der Waals surface area contributed by atoms with Crippen LogP contribution in [-0.2, 0) is 22.6 Å². The Balaban J connectivity index is 1.60. The number of fused-ring (bicyclic) bond motifs is 1. The summed E-state index contributed by atoms with van der Waals surface area (Å²) < 4.78 is 0. The maximum atomic E-state index is 12.3. The maximum Gasteiger partial charge on any atom is 0.238 e. The van der Waals surface area contributed by atoms with Crippen molar-refractivity contribution in [2.45, 2.75) is 25.6 Å². The molecular formula is C21H23N3O2. The quantitative estimate of drug-likeness (QED) is 0.855. The van der Waals surface area contributed by atoms with Crippen molar-refractivity contribution in [1.29, 1.82) is 0 Å². The van der Waals surface area contributed by atoms with Gasteiger partial charge < -0.3 is 9.80 Å². The summed E-state index contributed by atoms with van der Waals surface area (Å²) in [5.41, 5.74) is 4.51. The molecule has 1 atom stereocenters. The molecule has 1 fully saturated rings. The third-order valence-electron chi connectivity index (χ3n) is 5.42. The van der Waals surface area contributed by atoms with Crippen molar-refractivity contribution in [3.05, 3.63) is 65.2 Å². The number of hydrogen-bond donors (Lipinski definition) is 0. The molecule has 26 heavy (non-hydrogen) atoms. The Morgan fingerprint density at radius 1 is 0.962 bits per heavy atom. The van der Waals surface area contributed by atoms with Crippen molar-refractivity contribution in [3.8, 4) is 0 Å². The topological polar surface area (TPSA) is 43.9 Å². The van der Waals surface area contributed by atoms with Crippen LogP contribution < -0.4 is 4.90 Å². The van der Waals surface area contributed by atoms with Crippen LogP contribution in [0.15, 0.2) is 48.5 Å². The zero-order chi connectivity index (χ0) is 18.3. The number of nitrogens with zero attached hydrogens (tertiary/aromatic N) is 3. The largest absolute Gasteiger partial charge is 0.325 e. The molecule has 5 nitrogen and oxygen atoms in total. The van der Waals surface area contributed by atoms with E-state index in [4.69, 9.17) is 0 Å². The van der Waals surface area contributed by atoms with Gasteiger partial charge in [-0.1, -0.05) is 42.5 Å². The molecule has 0 unspecified atom stereocenters. The molecule has 0 saturated carbocycles. The lowest BCUT2D eigenvalue weighted by molar-refractivity contribution is -0.126. The fourth-order valence-electron chi connectivity index (χ4n) is 4.00. The van der Waals surface area contributed by atoms with Gasteiger partial charge in [-0.25, -0.2) is 0 Å². The lowest BCUT2D eigenvalue weighted by Crippen LogP contribution is -2.31. The number of aryl methyl sites for hydroxylation is 1. The summed E-state index contributed by atoms with van der Waals surface area (Å²) in [7, 11) is 3.70. The van der Waals surface area contributed by atoms with E-state index in [2.05, 4.69) is 29.2 Å². The number of benzene rings is 2. The first-order chi connectivity index (χ1) is 12.5. The van der Waals surface area contributed by atoms with Crippen molar-refractivity contribution in [2.24, 2.45) is 0 Å². The van der Waals surface area contributed by atoms with Gasteiger partial charge in [0.15, 0.2) is 0 Å². The second kappa shape index (κ2) is 6.57. The van der Waals surface area contributed by atoms with Gasteiger partial charge in [-0.3, -0.25) is 14.5 Å². The highest BCUT2D eigenvalue weighted by Gasteiger charge is 2.36. The van der Waals surface area contributed by atoms with Crippen LogP contribution in [-0.4, -0.2) is 42.3 Å². The summed E-state index contributed by atoms with van der Waals surface area (Å²) in [6.07, 6.45) is 1.31. The normalized spacial score (nSPS) is 20.6. The Morgan fingerprint density at radius 2 is 1.73 bits per heavy atom.